The molecule has 0 fully saturated rings. The second-order valence-electron chi connectivity index (χ2n) is 1.05. The molecule has 0 aliphatic rings. The van der Waals surface area contributed by atoms with Gasteiger partial charge in [0.25, 0.3) is 0 Å². The van der Waals surface area contributed by atoms with Crippen LogP contribution in [-0.4, -0.2) is 5.12 Å². The van der Waals surface area contributed by atoms with Crippen molar-refractivity contribution in [1.29, 1.82) is 5.26 Å². The van der Waals surface area contributed by atoms with Crippen LogP contribution >= 0.6 is 11.8 Å². The van der Waals surface area contributed by atoms with Crippen LogP contribution in [0, 0.1) is 10.7 Å². The number of nitrogens with two attached hydrogens (primary N) is 3. The van der Waals surface area contributed by atoms with E-state index in [0.717, 1.165) is 0 Å². The van der Waals surface area contributed by atoms with Gasteiger partial charge in [-0.2, -0.15) is 5.26 Å². The molecule has 0 rings (SSSR count). The molecule has 0 radical (unpaired) electrons. The summed E-state index contributed by atoms with van der Waals surface area (Å²) in [6, 6.07) is 0. The van der Waals surface area contributed by atoms with Gasteiger partial charge in [-0.15, -0.1) is 0 Å². The lowest BCUT2D eigenvalue weighted by Gasteiger charge is -2.10. The average molecular weight is 118 g/mol. The molecule has 0 amide bonds. The molecule has 40 valence electrons. The minimum Gasteiger partial charge on any atom is -0.291 e. The van der Waals surface area contributed by atoms with Crippen LogP contribution in [0.3, 0.4) is 0 Å². The maximum Gasteiger partial charge on any atom is 0.179 e. The first kappa shape index (κ1) is 6.72. The Morgan fingerprint density at radius 1 is 1.43 bits per heavy atom. The van der Waals surface area contributed by atoms with Crippen molar-refractivity contribution in [2.24, 2.45) is 17.2 Å². The highest BCUT2D eigenvalue weighted by Gasteiger charge is 2.09. The molecule has 0 saturated heterocycles. The van der Waals surface area contributed by atoms with E-state index in [0.29, 0.717) is 11.8 Å². The number of nitriles is 1. The van der Waals surface area contributed by atoms with Crippen LogP contribution in [-0.2, 0) is 0 Å². The van der Waals surface area contributed by atoms with Crippen LogP contribution in [0.4, 0.5) is 0 Å². The summed E-state index contributed by atoms with van der Waals surface area (Å²) in [6.45, 7) is 0. The molecule has 4 nitrogen and oxygen atoms in total. The number of thioether (sulfide) groups is 1. The summed E-state index contributed by atoms with van der Waals surface area (Å²) in [5.41, 5.74) is 14.8. The standard InChI is InChI=1S/C2H6N4S/c3-1-7-2(4,5)6/h4-6H2. The summed E-state index contributed by atoms with van der Waals surface area (Å²) in [5.74, 6) is 0. The first-order valence-corrected chi connectivity index (χ1v) is 2.31. The number of hydrogen-bond acceptors (Lipinski definition) is 5. The predicted octanol–water partition coefficient (Wildman–Crippen LogP) is -1.31. The van der Waals surface area contributed by atoms with Crippen LogP contribution in [0.15, 0.2) is 0 Å². The lowest BCUT2D eigenvalue weighted by atomic mass is 11.0. The van der Waals surface area contributed by atoms with Gasteiger partial charge >= 0.3 is 0 Å². The van der Waals surface area contributed by atoms with Crippen LogP contribution in [0.1, 0.15) is 0 Å². The minimum absolute atomic E-state index is 0.627. The minimum atomic E-state index is -1.39. The number of hydrogen-bond donors (Lipinski definition) is 3. The lowest BCUT2D eigenvalue weighted by Crippen LogP contribution is -2.54. The highest BCUT2D eigenvalue weighted by Crippen LogP contribution is 2.01. The molecule has 0 aliphatic carbocycles. The Balaban J connectivity index is 3.40. The fourth-order valence-electron chi connectivity index (χ4n) is 0.0791. The van der Waals surface area contributed by atoms with Crippen LogP contribution in [0.2, 0.25) is 0 Å². The first-order chi connectivity index (χ1) is 3.06. The summed E-state index contributed by atoms with van der Waals surface area (Å²) >= 11 is 0.627. The molecule has 6 N–H and O–H groups in total. The number of rotatable bonds is 1. The molecule has 0 aromatic carbocycles. The SMILES string of the molecule is N#CSC(N)(N)N. The Morgan fingerprint density at radius 2 is 1.86 bits per heavy atom. The molecule has 0 aromatic rings. The Bertz CT molecular complexity index is 86.8. The summed E-state index contributed by atoms with van der Waals surface area (Å²) in [5, 5.41) is 8.13. The third-order valence-electron chi connectivity index (χ3n) is 0.222. The molecular formula is C2H6N4S. The average Bonchev–Trinajstić information content (AvgIpc) is 1.30. The van der Waals surface area contributed by atoms with E-state index >= 15 is 0 Å². The first-order valence-electron chi connectivity index (χ1n) is 1.50. The van der Waals surface area contributed by atoms with Crippen LogP contribution in [0.5, 0.6) is 0 Å². The van der Waals surface area contributed by atoms with Gasteiger partial charge in [-0.3, -0.25) is 17.2 Å². The van der Waals surface area contributed by atoms with Gasteiger partial charge in [0.1, 0.15) is 5.40 Å². The van der Waals surface area contributed by atoms with E-state index in [1.165, 1.54) is 0 Å². The van der Waals surface area contributed by atoms with Crippen LogP contribution < -0.4 is 17.2 Å². The Kier molecular flexibility index (Phi) is 2.05. The quantitative estimate of drug-likeness (QED) is 0.293. The smallest absolute Gasteiger partial charge is 0.179 e. The Hall–Kier alpha value is -0.280. The molecule has 5 heteroatoms. The fraction of sp³-hybridized carbons (Fsp3) is 0.500. The van der Waals surface area contributed by atoms with Crippen molar-refractivity contribution >= 4 is 11.8 Å². The van der Waals surface area contributed by atoms with E-state index in [-0.39, 0.29) is 0 Å². The van der Waals surface area contributed by atoms with Crippen LogP contribution in [0.25, 0.3) is 0 Å². The maximum atomic E-state index is 7.87. The Morgan fingerprint density at radius 3 is 1.86 bits per heavy atom. The van der Waals surface area contributed by atoms with E-state index < -0.39 is 5.12 Å². The zero-order valence-corrected chi connectivity index (χ0v) is 4.40. The third kappa shape index (κ3) is 5.72. The zero-order chi connectivity index (χ0) is 5.91. The number of thiocyanates is 1. The van der Waals surface area contributed by atoms with E-state index in [9.17, 15) is 0 Å². The van der Waals surface area contributed by atoms with Gasteiger partial charge in [0.15, 0.2) is 5.12 Å². The van der Waals surface area contributed by atoms with Crippen molar-refractivity contribution in [3.8, 4) is 5.40 Å². The van der Waals surface area contributed by atoms with E-state index in [1.54, 1.807) is 5.40 Å². The van der Waals surface area contributed by atoms with E-state index in [4.69, 9.17) is 22.5 Å². The molecular weight excluding hydrogens is 112 g/mol. The van der Waals surface area contributed by atoms with Gasteiger partial charge in [0, 0.05) is 11.8 Å². The summed E-state index contributed by atoms with van der Waals surface area (Å²) in [6.07, 6.45) is 0. The second kappa shape index (κ2) is 2.14. The Labute approximate surface area is 45.6 Å². The molecule has 0 spiro atoms. The molecule has 0 unspecified atom stereocenters. The lowest BCUT2D eigenvalue weighted by molar-refractivity contribution is 0.682. The largest absolute Gasteiger partial charge is 0.291 e. The summed E-state index contributed by atoms with van der Waals surface area (Å²) in [7, 11) is 0. The van der Waals surface area contributed by atoms with Gasteiger partial charge in [-0.25, -0.2) is 0 Å². The highest BCUT2D eigenvalue weighted by molar-refractivity contribution is 8.04. The summed E-state index contributed by atoms with van der Waals surface area (Å²) in [4.78, 5) is 0. The van der Waals surface area contributed by atoms with Crippen molar-refractivity contribution < 1.29 is 0 Å². The molecule has 0 atom stereocenters. The van der Waals surface area contributed by atoms with Crippen molar-refractivity contribution in [3.05, 3.63) is 0 Å². The van der Waals surface area contributed by atoms with Gasteiger partial charge in [-0.1, -0.05) is 0 Å². The normalized spacial score (nSPS) is 10.6. The third-order valence-corrected chi connectivity index (χ3v) is 0.667. The van der Waals surface area contributed by atoms with Crippen molar-refractivity contribution in [3.63, 3.8) is 0 Å². The van der Waals surface area contributed by atoms with Gasteiger partial charge < -0.3 is 0 Å². The summed E-state index contributed by atoms with van der Waals surface area (Å²) < 4.78 is 0. The van der Waals surface area contributed by atoms with Gasteiger partial charge in [0.05, 0.1) is 0 Å². The molecule has 0 saturated carbocycles. The van der Waals surface area contributed by atoms with Crippen molar-refractivity contribution in [2.75, 3.05) is 0 Å². The fourth-order valence-corrected chi connectivity index (χ4v) is 0.237. The number of nitrogens with zero attached hydrogens (tertiary/aromatic N) is 1. The maximum absolute atomic E-state index is 7.87. The van der Waals surface area contributed by atoms with Crippen molar-refractivity contribution in [1.82, 2.24) is 0 Å². The van der Waals surface area contributed by atoms with Gasteiger partial charge in [-0.05, 0) is 0 Å². The molecule has 0 aromatic heterocycles. The molecule has 0 bridgehead atoms. The van der Waals surface area contributed by atoms with E-state index in [2.05, 4.69) is 0 Å². The second-order valence-corrected chi connectivity index (χ2v) is 2.14. The van der Waals surface area contributed by atoms with E-state index in [1.807, 2.05) is 0 Å². The topological polar surface area (TPSA) is 102 Å². The zero-order valence-electron chi connectivity index (χ0n) is 3.59. The molecule has 7 heavy (non-hydrogen) atoms. The van der Waals surface area contributed by atoms with Gasteiger partial charge in [0.2, 0.25) is 0 Å². The highest BCUT2D eigenvalue weighted by atomic mass is 32.2. The molecule has 0 heterocycles. The van der Waals surface area contributed by atoms with Crippen molar-refractivity contribution in [2.45, 2.75) is 5.12 Å². The predicted molar refractivity (Wildman–Crippen MR) is 28.5 cm³/mol. The monoisotopic (exact) mass is 118 g/mol. The molecule has 0 aliphatic heterocycles.